The van der Waals surface area contributed by atoms with Gasteiger partial charge in [0.2, 0.25) is 0 Å². The molecule has 0 unspecified atom stereocenters. The van der Waals surface area contributed by atoms with Gasteiger partial charge in [-0.3, -0.25) is 4.57 Å². The van der Waals surface area contributed by atoms with E-state index in [0.29, 0.717) is 6.54 Å². The zero-order valence-corrected chi connectivity index (χ0v) is 8.39. The second-order valence-corrected chi connectivity index (χ2v) is 4.53. The summed E-state index contributed by atoms with van der Waals surface area (Å²) >= 11 is 0. The van der Waals surface area contributed by atoms with E-state index in [9.17, 15) is 4.57 Å². The maximum Gasteiger partial charge on any atom is 0.339 e. The molecule has 0 spiro atoms. The summed E-state index contributed by atoms with van der Waals surface area (Å²) in [5.41, 5.74) is 0. The lowest BCUT2D eigenvalue weighted by atomic mass is 10.2. The van der Waals surface area contributed by atoms with Crippen molar-refractivity contribution in [2.75, 3.05) is 12.8 Å². The fourth-order valence-corrected chi connectivity index (χ4v) is 1.35. The Balaban J connectivity index is 3.06. The zero-order chi connectivity index (χ0) is 9.45. The summed E-state index contributed by atoms with van der Waals surface area (Å²) in [5.74, 6) is 0. The summed E-state index contributed by atoms with van der Waals surface area (Å²) in [6.45, 7) is 2.83. The average molecular weight is 195 g/mol. The van der Waals surface area contributed by atoms with Crippen molar-refractivity contribution in [2.24, 2.45) is 0 Å². The van der Waals surface area contributed by atoms with Crippen molar-refractivity contribution in [2.45, 2.75) is 32.6 Å². The summed E-state index contributed by atoms with van der Waals surface area (Å²) in [6, 6.07) is 0. The van der Waals surface area contributed by atoms with Gasteiger partial charge in [-0.1, -0.05) is 26.2 Å². The topological polar surface area (TPSA) is 69.6 Å². The number of unbranched alkanes of at least 4 members (excludes halogenated alkanes) is 3. The Hall–Kier alpha value is 0.110. The Kier molecular flexibility index (Phi) is 6.67. The monoisotopic (exact) mass is 195 g/mol. The molecular weight excluding hydrogens is 177 g/mol. The summed E-state index contributed by atoms with van der Waals surface area (Å²) in [7, 11) is -3.83. The van der Waals surface area contributed by atoms with Crippen LogP contribution >= 0.6 is 7.60 Å². The maximum absolute atomic E-state index is 10.4. The zero-order valence-electron chi connectivity index (χ0n) is 7.49. The Morgan fingerprint density at radius 1 is 1.25 bits per heavy atom. The molecule has 0 radical (unpaired) electrons. The first kappa shape index (κ1) is 12.1. The van der Waals surface area contributed by atoms with Crippen molar-refractivity contribution in [3.8, 4) is 0 Å². The van der Waals surface area contributed by atoms with Gasteiger partial charge in [-0.2, -0.15) is 0 Å². The number of nitrogens with one attached hydrogen (secondary N) is 1. The predicted molar refractivity (Wildman–Crippen MR) is 49.1 cm³/mol. The molecule has 0 rings (SSSR count). The van der Waals surface area contributed by atoms with Crippen molar-refractivity contribution >= 4 is 7.60 Å². The van der Waals surface area contributed by atoms with Crippen molar-refractivity contribution in [3.05, 3.63) is 0 Å². The molecule has 74 valence electrons. The average Bonchev–Trinajstić information content (AvgIpc) is 1.94. The third-order valence-electron chi connectivity index (χ3n) is 1.52. The number of hydrogen-bond donors (Lipinski definition) is 3. The van der Waals surface area contributed by atoms with Crippen LogP contribution in [0.2, 0.25) is 0 Å². The van der Waals surface area contributed by atoms with E-state index in [2.05, 4.69) is 12.2 Å². The van der Waals surface area contributed by atoms with Gasteiger partial charge in [-0.15, -0.1) is 0 Å². The molecule has 0 amide bonds. The summed E-state index contributed by atoms with van der Waals surface area (Å²) in [4.78, 5) is 16.9. The molecule has 12 heavy (non-hydrogen) atoms. The molecule has 4 nitrogen and oxygen atoms in total. The third kappa shape index (κ3) is 10.1. The van der Waals surface area contributed by atoms with Crippen LogP contribution in [0.4, 0.5) is 0 Å². The lowest BCUT2D eigenvalue weighted by Crippen LogP contribution is -2.16. The van der Waals surface area contributed by atoms with Crippen molar-refractivity contribution in [1.82, 2.24) is 5.32 Å². The van der Waals surface area contributed by atoms with Gasteiger partial charge < -0.3 is 15.1 Å². The molecule has 3 N–H and O–H groups in total. The molecule has 0 aromatic heterocycles. The molecule has 0 aromatic carbocycles. The van der Waals surface area contributed by atoms with Gasteiger partial charge in [0.05, 0.1) is 6.29 Å². The summed E-state index contributed by atoms with van der Waals surface area (Å²) in [6.07, 6.45) is 4.30. The van der Waals surface area contributed by atoms with E-state index in [-0.39, 0.29) is 6.29 Å². The Morgan fingerprint density at radius 3 is 2.42 bits per heavy atom. The van der Waals surface area contributed by atoms with E-state index in [1.54, 1.807) is 0 Å². The van der Waals surface area contributed by atoms with E-state index in [1.807, 2.05) is 0 Å². The minimum absolute atomic E-state index is 0.195. The van der Waals surface area contributed by atoms with E-state index >= 15 is 0 Å². The van der Waals surface area contributed by atoms with Crippen LogP contribution in [-0.4, -0.2) is 22.6 Å². The quantitative estimate of drug-likeness (QED) is 0.423. The fourth-order valence-electron chi connectivity index (χ4n) is 0.901. The highest BCUT2D eigenvalue weighted by atomic mass is 31.2. The van der Waals surface area contributed by atoms with Crippen LogP contribution in [0.15, 0.2) is 0 Å². The molecular formula is C7H18NO3P. The Labute approximate surface area is 73.5 Å². The molecule has 0 aliphatic carbocycles. The molecule has 0 saturated carbocycles. The van der Waals surface area contributed by atoms with Crippen molar-refractivity contribution < 1.29 is 14.4 Å². The van der Waals surface area contributed by atoms with Gasteiger partial charge in [-0.25, -0.2) is 0 Å². The molecule has 0 aliphatic rings. The predicted octanol–water partition coefficient (Wildman–Crippen LogP) is 1.29. The highest BCUT2D eigenvalue weighted by Crippen LogP contribution is 2.31. The molecule has 0 bridgehead atoms. The highest BCUT2D eigenvalue weighted by Gasteiger charge is 2.10. The molecule has 0 saturated heterocycles. The molecule has 5 heteroatoms. The van der Waals surface area contributed by atoms with Crippen LogP contribution in [0.5, 0.6) is 0 Å². The van der Waals surface area contributed by atoms with Crippen LogP contribution in [0.3, 0.4) is 0 Å². The first-order chi connectivity index (χ1) is 5.56. The third-order valence-corrected chi connectivity index (χ3v) is 2.16. The van der Waals surface area contributed by atoms with Gasteiger partial charge in [0.25, 0.3) is 0 Å². The standard InChI is InChI=1S/C7H18NO3P/c1-2-3-4-5-6-8-7-12(9,10)11/h8H,2-7H2,1H3,(H2,9,10,11). The lowest BCUT2D eigenvalue weighted by molar-refractivity contribution is 0.367. The van der Waals surface area contributed by atoms with Crippen LogP contribution in [-0.2, 0) is 4.57 Å². The second-order valence-electron chi connectivity index (χ2n) is 2.88. The summed E-state index contributed by atoms with van der Waals surface area (Å²) < 4.78 is 10.4. The maximum atomic E-state index is 10.4. The lowest BCUT2D eigenvalue weighted by Gasteiger charge is -2.05. The number of rotatable bonds is 7. The molecule has 0 aromatic rings. The smallest absolute Gasteiger partial charge is 0.324 e. The van der Waals surface area contributed by atoms with Gasteiger partial charge in [0.15, 0.2) is 0 Å². The molecule has 0 heterocycles. The summed E-state index contributed by atoms with van der Waals surface area (Å²) in [5, 5.41) is 2.72. The van der Waals surface area contributed by atoms with Gasteiger partial charge in [-0.05, 0) is 13.0 Å². The fraction of sp³-hybridized carbons (Fsp3) is 1.00. The molecule has 0 atom stereocenters. The van der Waals surface area contributed by atoms with Crippen molar-refractivity contribution in [3.63, 3.8) is 0 Å². The Bertz CT molecular complexity index is 146. The normalized spacial score (nSPS) is 11.9. The van der Waals surface area contributed by atoms with E-state index in [1.165, 1.54) is 12.8 Å². The van der Waals surface area contributed by atoms with Gasteiger partial charge in [0.1, 0.15) is 0 Å². The Morgan fingerprint density at radius 2 is 1.92 bits per heavy atom. The van der Waals surface area contributed by atoms with Gasteiger partial charge >= 0.3 is 7.60 Å². The van der Waals surface area contributed by atoms with E-state index in [0.717, 1.165) is 12.8 Å². The molecule has 0 aliphatic heterocycles. The van der Waals surface area contributed by atoms with Crippen LogP contribution in [0, 0.1) is 0 Å². The minimum Gasteiger partial charge on any atom is -0.324 e. The SMILES string of the molecule is CCCCCCNCP(=O)(O)O. The van der Waals surface area contributed by atoms with Crippen LogP contribution < -0.4 is 5.32 Å². The minimum atomic E-state index is -3.83. The van der Waals surface area contributed by atoms with Crippen LogP contribution in [0.25, 0.3) is 0 Å². The first-order valence-corrected chi connectivity index (χ1v) is 6.11. The van der Waals surface area contributed by atoms with E-state index < -0.39 is 7.60 Å². The second kappa shape index (κ2) is 6.61. The first-order valence-electron chi connectivity index (χ1n) is 4.31. The van der Waals surface area contributed by atoms with Crippen molar-refractivity contribution in [1.29, 1.82) is 0 Å². The number of hydrogen-bond acceptors (Lipinski definition) is 2. The van der Waals surface area contributed by atoms with E-state index in [4.69, 9.17) is 9.79 Å². The van der Waals surface area contributed by atoms with Gasteiger partial charge in [0, 0.05) is 0 Å². The molecule has 0 fully saturated rings. The highest BCUT2D eigenvalue weighted by molar-refractivity contribution is 7.51. The largest absolute Gasteiger partial charge is 0.339 e. The van der Waals surface area contributed by atoms with Crippen LogP contribution in [0.1, 0.15) is 32.6 Å².